The van der Waals surface area contributed by atoms with Gasteiger partial charge in [-0.3, -0.25) is 0 Å². The van der Waals surface area contributed by atoms with E-state index in [-0.39, 0.29) is 84.5 Å². The van der Waals surface area contributed by atoms with E-state index in [1.54, 1.807) is 6.07 Å². The molecular formula is C45H28N4O. The lowest BCUT2D eigenvalue weighted by molar-refractivity contribution is 0.670. The first-order chi connectivity index (χ1) is 30.6. The molecule has 3 heterocycles. The maximum Gasteiger partial charge on any atom is 0.164 e. The molecule has 7 aromatic carbocycles. The van der Waals surface area contributed by atoms with Crippen LogP contribution in [0.15, 0.2) is 174 Å². The van der Waals surface area contributed by atoms with E-state index in [0.717, 1.165) is 6.07 Å². The highest BCUT2D eigenvalue weighted by Crippen LogP contribution is 2.42. The summed E-state index contributed by atoms with van der Waals surface area (Å²) in [6.45, 7) is 0. The second-order valence-corrected chi connectivity index (χ2v) is 11.4. The van der Waals surface area contributed by atoms with Gasteiger partial charge in [0.15, 0.2) is 17.5 Å². The zero-order valence-electron chi connectivity index (χ0n) is 39.8. The molecule has 0 aliphatic rings. The first kappa shape index (κ1) is 17.5. The molecule has 10 rings (SSSR count). The van der Waals surface area contributed by atoms with Crippen LogP contribution < -0.4 is 0 Å². The van der Waals surface area contributed by atoms with Gasteiger partial charge in [-0.1, -0.05) is 145 Å². The molecule has 5 heteroatoms. The number of para-hydroxylation sites is 4. The molecule has 50 heavy (non-hydrogen) atoms. The lowest BCUT2D eigenvalue weighted by atomic mass is 9.98. The monoisotopic (exact) mass is 654 g/mol. The van der Waals surface area contributed by atoms with E-state index in [9.17, 15) is 4.11 Å². The highest BCUT2D eigenvalue weighted by Gasteiger charge is 2.21. The van der Waals surface area contributed by atoms with Crippen LogP contribution >= 0.6 is 0 Å². The van der Waals surface area contributed by atoms with Gasteiger partial charge in [-0.25, -0.2) is 15.0 Å². The Balaban J connectivity index is 1.42. The summed E-state index contributed by atoms with van der Waals surface area (Å²) in [6, 6.07) is 16.6. The number of hydrogen-bond acceptors (Lipinski definition) is 4. The van der Waals surface area contributed by atoms with Crippen LogP contribution in [0.25, 0.3) is 94.7 Å². The van der Waals surface area contributed by atoms with E-state index in [0.29, 0.717) is 28.3 Å². The molecule has 0 N–H and O–H groups in total. The van der Waals surface area contributed by atoms with Gasteiger partial charge in [0.1, 0.15) is 11.2 Å². The molecule has 0 radical (unpaired) electrons. The Morgan fingerprint density at radius 3 is 1.70 bits per heavy atom. The highest BCUT2D eigenvalue weighted by atomic mass is 16.3. The Kier molecular flexibility index (Phi) is 3.99. The zero-order chi connectivity index (χ0) is 45.2. The predicted octanol–water partition coefficient (Wildman–Crippen LogP) is 11.5. The van der Waals surface area contributed by atoms with Crippen LogP contribution in [0.1, 0.15) is 19.2 Å². The van der Waals surface area contributed by atoms with Crippen LogP contribution in [-0.4, -0.2) is 19.5 Å². The minimum absolute atomic E-state index is 0.0266. The van der Waals surface area contributed by atoms with Crippen LogP contribution in [0, 0.1) is 0 Å². The van der Waals surface area contributed by atoms with Gasteiger partial charge in [0.05, 0.1) is 35.9 Å². The number of furan rings is 1. The Morgan fingerprint density at radius 1 is 0.460 bits per heavy atom. The summed E-state index contributed by atoms with van der Waals surface area (Å²) in [7, 11) is 0. The summed E-state index contributed by atoms with van der Waals surface area (Å²) in [4.78, 5) is 14.5. The van der Waals surface area contributed by atoms with Gasteiger partial charge in [-0.2, -0.15) is 0 Å². The maximum atomic E-state index is 9.38. The Hall–Kier alpha value is -6.85. The smallest absolute Gasteiger partial charge is 0.164 e. The number of nitrogens with zero attached hydrogens (tertiary/aromatic N) is 4. The third kappa shape index (κ3) is 4.52. The molecule has 0 fully saturated rings. The molecule has 234 valence electrons. The fraction of sp³-hybridized carbons (Fsp3) is 0. The number of aromatic nitrogens is 4. The van der Waals surface area contributed by atoms with E-state index in [2.05, 4.69) is 0 Å². The first-order valence-corrected chi connectivity index (χ1v) is 15.6. The minimum Gasteiger partial charge on any atom is -0.455 e. The molecule has 5 nitrogen and oxygen atoms in total. The second-order valence-electron chi connectivity index (χ2n) is 11.4. The quantitative estimate of drug-likeness (QED) is 0.185. The Bertz CT molecular complexity index is 3530. The lowest BCUT2D eigenvalue weighted by Gasteiger charge is -2.16. The molecule has 10 aromatic rings. The van der Waals surface area contributed by atoms with Crippen LogP contribution in [0.5, 0.6) is 0 Å². The van der Waals surface area contributed by atoms with E-state index in [1.165, 1.54) is 16.7 Å². The second kappa shape index (κ2) is 11.4. The molecule has 0 atom stereocenters. The molecule has 0 bridgehead atoms. The molecule has 0 aliphatic carbocycles. The summed E-state index contributed by atoms with van der Waals surface area (Å²) in [5, 5.41) is -0.606. The van der Waals surface area contributed by atoms with Gasteiger partial charge in [0.25, 0.3) is 0 Å². The van der Waals surface area contributed by atoms with Gasteiger partial charge in [0.2, 0.25) is 0 Å². The predicted molar refractivity (Wildman–Crippen MR) is 203 cm³/mol. The highest BCUT2D eigenvalue weighted by molar-refractivity contribution is 6.12. The van der Waals surface area contributed by atoms with E-state index >= 15 is 0 Å². The lowest BCUT2D eigenvalue weighted by Crippen LogP contribution is -2.02. The van der Waals surface area contributed by atoms with Crippen LogP contribution in [0.2, 0.25) is 0 Å². The maximum absolute atomic E-state index is 9.38. The fourth-order valence-electron chi connectivity index (χ4n) is 6.23. The van der Waals surface area contributed by atoms with Crippen molar-refractivity contribution >= 4 is 43.7 Å². The largest absolute Gasteiger partial charge is 0.455 e. The molecule has 0 saturated carbocycles. The molecular weight excluding hydrogens is 613 g/mol. The topological polar surface area (TPSA) is 56.7 Å². The zero-order valence-corrected chi connectivity index (χ0v) is 25.8. The standard InChI is InChI=1S/C45H28N4O/c1-3-14-29(15-4-1)43-46-44(30-16-5-2-6-17-30)48-45(47-43)31-26-27-34(36-21-13-22-37-35-20-9-12-25-41(35)50-42(36)37)40(28-31)49-38-23-10-7-18-32(38)33-19-8-11-24-39(33)49/h1-28H/i7D,8D,9D,10D,11D,13D,18D,19D,20D,21D,22D,23D,24D,25D. The molecule has 0 unspecified atom stereocenters. The van der Waals surface area contributed by atoms with Crippen molar-refractivity contribution in [1.82, 2.24) is 19.5 Å². The van der Waals surface area contributed by atoms with Gasteiger partial charge in [-0.15, -0.1) is 0 Å². The van der Waals surface area contributed by atoms with E-state index in [4.69, 9.17) is 34.4 Å². The number of fused-ring (bicyclic) bond motifs is 6. The number of hydrogen-bond donors (Lipinski definition) is 0. The van der Waals surface area contributed by atoms with Gasteiger partial charge < -0.3 is 8.98 Å². The van der Waals surface area contributed by atoms with Crippen molar-refractivity contribution in [3.05, 3.63) is 170 Å². The van der Waals surface area contributed by atoms with Crippen molar-refractivity contribution in [2.45, 2.75) is 0 Å². The van der Waals surface area contributed by atoms with Crippen molar-refractivity contribution < 1.29 is 23.6 Å². The van der Waals surface area contributed by atoms with Crippen molar-refractivity contribution in [2.75, 3.05) is 0 Å². The molecule has 3 aromatic heterocycles. The average Bonchev–Trinajstić information content (AvgIpc) is 3.89. The van der Waals surface area contributed by atoms with Gasteiger partial charge >= 0.3 is 0 Å². The third-order valence-electron chi connectivity index (χ3n) is 8.48. The van der Waals surface area contributed by atoms with Crippen LogP contribution in [-0.2, 0) is 0 Å². The molecule has 0 spiro atoms. The Labute approximate surface area is 307 Å². The number of benzene rings is 7. The van der Waals surface area contributed by atoms with Gasteiger partial charge in [0, 0.05) is 49.4 Å². The van der Waals surface area contributed by atoms with Crippen molar-refractivity contribution in [1.29, 1.82) is 0 Å². The van der Waals surface area contributed by atoms with E-state index in [1.807, 2.05) is 60.7 Å². The van der Waals surface area contributed by atoms with Crippen LogP contribution in [0.3, 0.4) is 0 Å². The van der Waals surface area contributed by atoms with Crippen molar-refractivity contribution in [3.8, 4) is 51.0 Å². The van der Waals surface area contributed by atoms with Crippen molar-refractivity contribution in [2.24, 2.45) is 0 Å². The third-order valence-corrected chi connectivity index (χ3v) is 8.48. The molecule has 0 aliphatic heterocycles. The van der Waals surface area contributed by atoms with Crippen LogP contribution in [0.4, 0.5) is 0 Å². The average molecular weight is 655 g/mol. The van der Waals surface area contributed by atoms with E-state index < -0.39 is 66.5 Å². The normalized spacial score (nSPS) is 15.5. The molecule has 0 amide bonds. The summed E-state index contributed by atoms with van der Waals surface area (Å²) in [5.74, 6) is 0.751. The SMILES string of the molecule is [2H]c1cc([2H])c2oc3c(-c4ccc(-c5nc(-c6ccccc6)nc(-c6ccccc6)n5)cc4-n4c5c([2H])c([2H])c([2H])c([2H])c5c5c([2H])c([2H])c([2H])c([2H])c54)c([2H])c([2H])c([2H])c3c2c1[2H]. The fourth-order valence-corrected chi connectivity index (χ4v) is 6.23. The Morgan fingerprint density at radius 2 is 1.04 bits per heavy atom. The number of rotatable bonds is 5. The summed E-state index contributed by atoms with van der Waals surface area (Å²) in [5.41, 5.74) is 0.684. The summed E-state index contributed by atoms with van der Waals surface area (Å²) < 4.78 is 132. The molecule has 0 saturated heterocycles. The minimum atomic E-state index is -0.656. The van der Waals surface area contributed by atoms with Gasteiger partial charge in [-0.05, 0) is 24.2 Å². The first-order valence-electron chi connectivity index (χ1n) is 22.6. The summed E-state index contributed by atoms with van der Waals surface area (Å²) >= 11 is 0. The summed E-state index contributed by atoms with van der Waals surface area (Å²) in [6.07, 6.45) is 0. The van der Waals surface area contributed by atoms with Crippen molar-refractivity contribution in [3.63, 3.8) is 0 Å².